The molecule has 0 radical (unpaired) electrons. The van der Waals surface area contributed by atoms with Gasteiger partial charge in [0.15, 0.2) is 5.65 Å². The lowest BCUT2D eigenvalue weighted by Gasteiger charge is -2.36. The molecule has 35 heavy (non-hydrogen) atoms. The van der Waals surface area contributed by atoms with E-state index in [1.165, 1.54) is 0 Å². The number of hydrogen-bond acceptors (Lipinski definition) is 9. The number of hydrogen-bond donors (Lipinski definition) is 1. The Bertz CT molecular complexity index is 1140. The summed E-state index contributed by atoms with van der Waals surface area (Å²) in [4.78, 5) is 19.5. The van der Waals surface area contributed by atoms with E-state index in [4.69, 9.17) is 29.2 Å². The second-order valence-electron chi connectivity index (χ2n) is 9.88. The van der Waals surface area contributed by atoms with Crippen molar-refractivity contribution in [3.8, 4) is 0 Å². The number of aliphatic hydroxyl groups is 1. The van der Waals surface area contributed by atoms with Gasteiger partial charge in [0, 0.05) is 31.7 Å². The summed E-state index contributed by atoms with van der Waals surface area (Å²) in [5.41, 5.74) is 1.98. The van der Waals surface area contributed by atoms with Crippen LogP contribution in [0.25, 0.3) is 11.0 Å². The molecule has 2 saturated heterocycles. The van der Waals surface area contributed by atoms with Crippen molar-refractivity contribution >= 4 is 22.8 Å². The van der Waals surface area contributed by atoms with Crippen molar-refractivity contribution in [3.63, 3.8) is 0 Å². The zero-order valence-electron chi connectivity index (χ0n) is 21.0. The van der Waals surface area contributed by atoms with Crippen LogP contribution in [0.4, 0.5) is 11.8 Å². The van der Waals surface area contributed by atoms with Gasteiger partial charge in [0.2, 0.25) is 5.95 Å². The van der Waals surface area contributed by atoms with Crippen molar-refractivity contribution in [3.05, 3.63) is 41.3 Å². The first-order chi connectivity index (χ1) is 17.0. The number of allylic oxidation sites excluding steroid dienone is 2. The minimum absolute atomic E-state index is 0.0799. The summed E-state index contributed by atoms with van der Waals surface area (Å²) in [5.74, 6) is 2.30. The Morgan fingerprint density at radius 2 is 1.94 bits per heavy atom. The maximum absolute atomic E-state index is 9.89. The molecule has 1 aliphatic carbocycles. The number of aromatic nitrogens is 3. The number of aliphatic hydroxyl groups excluding tert-OH is 1. The van der Waals surface area contributed by atoms with Crippen LogP contribution in [0.3, 0.4) is 0 Å². The van der Waals surface area contributed by atoms with E-state index in [1.807, 2.05) is 18.0 Å². The van der Waals surface area contributed by atoms with E-state index in [9.17, 15) is 5.11 Å². The van der Waals surface area contributed by atoms with Gasteiger partial charge in [0.05, 0.1) is 56.7 Å². The number of rotatable bonds is 8. The average molecular weight is 482 g/mol. The van der Waals surface area contributed by atoms with Gasteiger partial charge in [-0.25, -0.2) is 4.98 Å². The first-order valence-electron chi connectivity index (χ1n) is 12.3. The van der Waals surface area contributed by atoms with Crippen LogP contribution in [0.5, 0.6) is 0 Å². The molecule has 3 atom stereocenters. The molecule has 0 spiro atoms. The third-order valence-corrected chi connectivity index (χ3v) is 7.48. The predicted molar refractivity (Wildman–Crippen MR) is 135 cm³/mol. The van der Waals surface area contributed by atoms with Crippen molar-refractivity contribution in [1.82, 2.24) is 15.0 Å². The molecule has 2 fully saturated rings. The molecule has 0 saturated carbocycles. The molecule has 2 aliphatic heterocycles. The average Bonchev–Trinajstić information content (AvgIpc) is 3.13. The number of ether oxygens (including phenoxy) is 3. The van der Waals surface area contributed by atoms with Crippen LogP contribution < -0.4 is 9.80 Å². The maximum Gasteiger partial charge on any atom is 0.229 e. The van der Waals surface area contributed by atoms with Crippen LogP contribution in [0.2, 0.25) is 0 Å². The van der Waals surface area contributed by atoms with E-state index >= 15 is 0 Å². The number of likely N-dealkylation sites (N-methyl/N-ethyl adjacent to an activating group) is 1. The molecular weight excluding hydrogens is 446 g/mol. The first-order valence-corrected chi connectivity index (χ1v) is 12.3. The minimum atomic E-state index is -0.375. The standard InChI is InChI=1S/C26H35N5O4/c1-26(10-9-21(34-4)17(13-26)14-32)22-8-7-20-23(27-22)28-25(30(2)11-12-33-3)29-24(20)31-18-5-6-19(31)16-35-15-18/h7-9,13,18-19,32H,5-6,10-12,14-16H2,1-4H3. The number of anilines is 2. The van der Waals surface area contributed by atoms with Gasteiger partial charge in [-0.3, -0.25) is 0 Å². The molecule has 2 aromatic heterocycles. The molecule has 5 rings (SSSR count). The highest BCUT2D eigenvalue weighted by Crippen LogP contribution is 2.40. The van der Waals surface area contributed by atoms with Gasteiger partial charge in [-0.2, -0.15) is 9.97 Å². The molecule has 1 N–H and O–H groups in total. The fourth-order valence-corrected chi connectivity index (χ4v) is 5.44. The summed E-state index contributed by atoms with van der Waals surface area (Å²) in [6, 6.07) is 4.83. The van der Waals surface area contributed by atoms with Crippen LogP contribution in [0.15, 0.2) is 35.6 Å². The molecular formula is C26H35N5O4. The SMILES string of the molecule is COCCN(C)c1nc(N2C3CCC2COC3)c2ccc(C3(C)C=C(CO)C(OC)=CC3)nc2n1. The van der Waals surface area contributed by atoms with E-state index in [0.29, 0.717) is 36.8 Å². The number of nitrogens with zero attached hydrogens (tertiary/aromatic N) is 5. The van der Waals surface area contributed by atoms with Gasteiger partial charge in [-0.1, -0.05) is 13.0 Å². The maximum atomic E-state index is 9.89. The molecule has 2 aromatic rings. The van der Waals surface area contributed by atoms with Crippen LogP contribution in [0, 0.1) is 0 Å². The Labute approximate surface area is 206 Å². The monoisotopic (exact) mass is 481 g/mol. The van der Waals surface area contributed by atoms with Crippen molar-refractivity contribution in [1.29, 1.82) is 0 Å². The molecule has 188 valence electrons. The van der Waals surface area contributed by atoms with Crippen LogP contribution in [-0.4, -0.2) is 86.4 Å². The van der Waals surface area contributed by atoms with Crippen molar-refractivity contribution in [2.75, 3.05) is 64.0 Å². The van der Waals surface area contributed by atoms with E-state index < -0.39 is 0 Å². The normalized spacial score (nSPS) is 26.0. The van der Waals surface area contributed by atoms with Crippen LogP contribution in [0.1, 0.15) is 31.9 Å². The zero-order chi connectivity index (χ0) is 24.6. The molecule has 2 bridgehead atoms. The third kappa shape index (κ3) is 4.37. The summed E-state index contributed by atoms with van der Waals surface area (Å²) in [7, 11) is 5.31. The van der Waals surface area contributed by atoms with Gasteiger partial charge < -0.3 is 29.1 Å². The fraction of sp³-hybridized carbons (Fsp3) is 0.577. The third-order valence-electron chi connectivity index (χ3n) is 7.48. The van der Waals surface area contributed by atoms with Crippen molar-refractivity contribution in [2.45, 2.75) is 43.7 Å². The topological polar surface area (TPSA) is 93.1 Å². The van der Waals surface area contributed by atoms with Gasteiger partial charge in [0.1, 0.15) is 11.6 Å². The fourth-order valence-electron chi connectivity index (χ4n) is 5.44. The van der Waals surface area contributed by atoms with Gasteiger partial charge in [0.25, 0.3) is 0 Å². The Morgan fingerprint density at radius 1 is 1.17 bits per heavy atom. The molecule has 9 heteroatoms. The summed E-state index contributed by atoms with van der Waals surface area (Å²) in [6.07, 6.45) is 7.04. The van der Waals surface area contributed by atoms with Crippen LogP contribution in [-0.2, 0) is 19.6 Å². The van der Waals surface area contributed by atoms with E-state index in [0.717, 1.165) is 60.7 Å². The number of pyridine rings is 1. The number of methoxy groups -OCH3 is 2. The van der Waals surface area contributed by atoms with Crippen molar-refractivity contribution < 1.29 is 19.3 Å². The van der Waals surface area contributed by atoms with E-state index in [-0.39, 0.29) is 12.0 Å². The summed E-state index contributed by atoms with van der Waals surface area (Å²) < 4.78 is 16.5. The van der Waals surface area contributed by atoms with E-state index in [2.05, 4.69) is 30.0 Å². The molecule has 0 amide bonds. The lowest BCUT2D eigenvalue weighted by molar-refractivity contribution is 0.0904. The minimum Gasteiger partial charge on any atom is -0.497 e. The van der Waals surface area contributed by atoms with Gasteiger partial charge in [-0.05, 0) is 37.5 Å². The molecule has 3 unspecified atom stereocenters. The largest absolute Gasteiger partial charge is 0.497 e. The smallest absolute Gasteiger partial charge is 0.229 e. The zero-order valence-corrected chi connectivity index (χ0v) is 21.0. The lowest BCUT2D eigenvalue weighted by Crippen LogP contribution is -2.46. The number of fused-ring (bicyclic) bond motifs is 3. The second kappa shape index (κ2) is 9.72. The highest BCUT2D eigenvalue weighted by Gasteiger charge is 2.39. The van der Waals surface area contributed by atoms with Gasteiger partial charge >= 0.3 is 0 Å². The Hall–Kier alpha value is -2.75. The first kappa shape index (κ1) is 24.0. The Balaban J connectivity index is 1.60. The van der Waals surface area contributed by atoms with Gasteiger partial charge in [-0.15, -0.1) is 0 Å². The Kier molecular flexibility index (Phi) is 6.65. The highest BCUT2D eigenvalue weighted by molar-refractivity contribution is 5.89. The molecule has 0 aromatic carbocycles. The van der Waals surface area contributed by atoms with E-state index in [1.54, 1.807) is 14.2 Å². The number of morpholine rings is 1. The summed E-state index contributed by atoms with van der Waals surface area (Å²) in [5, 5.41) is 10.8. The predicted octanol–water partition coefficient (Wildman–Crippen LogP) is 2.59. The molecule has 4 heterocycles. The lowest BCUT2D eigenvalue weighted by atomic mass is 9.77. The molecule has 3 aliphatic rings. The Morgan fingerprint density at radius 3 is 2.63 bits per heavy atom. The molecule has 9 nitrogen and oxygen atoms in total. The summed E-state index contributed by atoms with van der Waals surface area (Å²) >= 11 is 0. The van der Waals surface area contributed by atoms with Crippen molar-refractivity contribution in [2.24, 2.45) is 0 Å². The highest BCUT2D eigenvalue weighted by atomic mass is 16.5. The quantitative estimate of drug-likeness (QED) is 0.611. The summed E-state index contributed by atoms with van der Waals surface area (Å²) in [6.45, 7) is 4.78. The van der Waals surface area contributed by atoms with Crippen LogP contribution >= 0.6 is 0 Å². The second-order valence-corrected chi connectivity index (χ2v) is 9.88.